The van der Waals surface area contributed by atoms with Crippen LogP contribution in [0, 0.1) is 39.4 Å². The molecule has 0 amide bonds. The quantitative estimate of drug-likeness (QED) is 0.350. The number of esters is 4. The summed E-state index contributed by atoms with van der Waals surface area (Å²) in [5.41, 5.74) is -1.40. The van der Waals surface area contributed by atoms with Gasteiger partial charge in [0.2, 0.25) is 0 Å². The van der Waals surface area contributed by atoms with Crippen molar-refractivity contribution in [2.45, 2.75) is 105 Å². The van der Waals surface area contributed by atoms with E-state index >= 15 is 0 Å². The van der Waals surface area contributed by atoms with Gasteiger partial charge in [0.25, 0.3) is 0 Å². The Morgan fingerprint density at radius 2 is 1.46 bits per heavy atom. The molecule has 2 heterocycles. The van der Waals surface area contributed by atoms with Crippen LogP contribution in [-0.4, -0.2) is 54.9 Å². The number of carbonyl (C=O) groups excluding carboxylic acids is 4. The average molecular weight is 573 g/mol. The summed E-state index contributed by atoms with van der Waals surface area (Å²) in [5, 5.41) is 0. The van der Waals surface area contributed by atoms with Crippen molar-refractivity contribution in [1.82, 2.24) is 0 Å². The first-order valence-electron chi connectivity index (χ1n) is 14.8. The first-order valence-corrected chi connectivity index (χ1v) is 14.8. The van der Waals surface area contributed by atoms with Crippen LogP contribution in [0.4, 0.5) is 0 Å². The molecular formula is C32H44O9. The fourth-order valence-electron chi connectivity index (χ4n) is 9.82. The molecule has 0 spiro atoms. The van der Waals surface area contributed by atoms with Crippen molar-refractivity contribution in [2.75, 3.05) is 6.61 Å². The highest BCUT2D eigenvalue weighted by atomic mass is 16.6. The highest BCUT2D eigenvalue weighted by molar-refractivity contribution is 5.85. The molecule has 0 aromatic carbocycles. The Bertz CT molecular complexity index is 1200. The summed E-state index contributed by atoms with van der Waals surface area (Å²) in [4.78, 5) is 50.5. The second-order valence-electron chi connectivity index (χ2n) is 14.0. The van der Waals surface area contributed by atoms with Crippen molar-refractivity contribution in [1.29, 1.82) is 0 Å². The molecule has 0 bridgehead atoms. The number of ether oxygens (including phenoxy) is 5. The summed E-state index contributed by atoms with van der Waals surface area (Å²) in [6.07, 6.45) is 5.56. The Labute approximate surface area is 242 Å². The van der Waals surface area contributed by atoms with Crippen molar-refractivity contribution >= 4 is 23.9 Å². The maximum Gasteiger partial charge on any atom is 0.331 e. The Kier molecular flexibility index (Phi) is 7.14. The topological polar surface area (TPSA) is 114 Å². The normalized spacial score (nSPS) is 44.1. The molecule has 0 aromatic rings. The molecule has 10 atom stereocenters. The second-order valence-corrected chi connectivity index (χ2v) is 14.0. The first kappa shape index (κ1) is 29.6. The van der Waals surface area contributed by atoms with E-state index in [2.05, 4.69) is 34.6 Å². The van der Waals surface area contributed by atoms with Crippen LogP contribution >= 0.6 is 0 Å². The van der Waals surface area contributed by atoms with E-state index in [1.807, 2.05) is 6.08 Å². The van der Waals surface area contributed by atoms with Gasteiger partial charge in [-0.05, 0) is 42.7 Å². The maximum absolute atomic E-state index is 13.2. The molecule has 41 heavy (non-hydrogen) atoms. The minimum atomic E-state index is -0.743. The SMILES string of the molecule is CC(=O)O[C@H]1C[C@@H](OC(C)=O)C(C)(C)C2C[C@@H](OC(C)=O)[C@@]3(C)C4=CC(=O)O[C@H](C5C=COC5)[C@]4(C)CCC3[C@]21C. The van der Waals surface area contributed by atoms with Crippen LogP contribution in [0.15, 0.2) is 24.0 Å². The molecule has 9 heteroatoms. The molecule has 0 N–H and O–H groups in total. The minimum Gasteiger partial charge on any atom is -0.501 e. The summed E-state index contributed by atoms with van der Waals surface area (Å²) in [6, 6.07) is 0. The van der Waals surface area contributed by atoms with Gasteiger partial charge in [0.1, 0.15) is 24.4 Å². The Balaban J connectivity index is 1.68. The van der Waals surface area contributed by atoms with Gasteiger partial charge in [-0.25, -0.2) is 4.79 Å². The van der Waals surface area contributed by atoms with Gasteiger partial charge in [-0.1, -0.05) is 34.6 Å². The van der Waals surface area contributed by atoms with Crippen molar-refractivity contribution < 1.29 is 42.9 Å². The van der Waals surface area contributed by atoms with E-state index in [0.717, 1.165) is 18.4 Å². The molecule has 0 aromatic heterocycles. The van der Waals surface area contributed by atoms with Gasteiger partial charge in [0.05, 0.1) is 18.8 Å². The zero-order valence-electron chi connectivity index (χ0n) is 25.5. The number of hydrogen-bond donors (Lipinski definition) is 0. The number of cyclic esters (lactones) is 1. The van der Waals surface area contributed by atoms with E-state index in [0.29, 0.717) is 19.4 Å². The third kappa shape index (κ3) is 4.40. The lowest BCUT2D eigenvalue weighted by Gasteiger charge is -2.70. The van der Waals surface area contributed by atoms with Crippen molar-refractivity contribution in [2.24, 2.45) is 39.4 Å². The van der Waals surface area contributed by atoms with Crippen molar-refractivity contribution in [3.05, 3.63) is 24.0 Å². The fraction of sp³-hybridized carbons (Fsp3) is 0.750. The highest BCUT2D eigenvalue weighted by Crippen LogP contribution is 2.72. The summed E-state index contributed by atoms with van der Waals surface area (Å²) in [5.74, 6) is -1.90. The molecular weight excluding hydrogens is 528 g/mol. The average Bonchev–Trinajstić information content (AvgIpc) is 3.38. The fourth-order valence-corrected chi connectivity index (χ4v) is 9.82. The van der Waals surface area contributed by atoms with Gasteiger partial charge in [-0.2, -0.15) is 0 Å². The minimum absolute atomic E-state index is 0.0844. The predicted molar refractivity (Wildman–Crippen MR) is 147 cm³/mol. The number of rotatable bonds is 4. The summed E-state index contributed by atoms with van der Waals surface area (Å²) < 4.78 is 29.7. The molecule has 0 radical (unpaired) electrons. The van der Waals surface area contributed by atoms with Crippen molar-refractivity contribution in [3.63, 3.8) is 0 Å². The van der Waals surface area contributed by atoms with Crippen molar-refractivity contribution in [3.8, 4) is 0 Å². The predicted octanol–water partition coefficient (Wildman–Crippen LogP) is 4.67. The zero-order chi connectivity index (χ0) is 30.1. The molecule has 3 fully saturated rings. The second kappa shape index (κ2) is 9.87. The molecule has 9 nitrogen and oxygen atoms in total. The largest absolute Gasteiger partial charge is 0.501 e. The molecule has 2 aliphatic heterocycles. The number of fused-ring (bicyclic) bond motifs is 5. The van der Waals surface area contributed by atoms with Crippen LogP contribution in [0.25, 0.3) is 0 Å². The van der Waals surface area contributed by atoms with Gasteiger partial charge in [-0.3, -0.25) is 14.4 Å². The standard InChI is InChI=1S/C32H44O9/c1-17(33)38-24-15-26(40-19(3)35)31(7)21-9-11-30(6)23(14-27(36)41-28(30)20-10-12-37-16-20)32(21,8)25(39-18(2)34)13-22(31)29(24,4)5/h10,12,14,20-22,24-26,28H,9,11,13,15-16H2,1-8H3/t20?,21?,22?,24-,25-,26+,28-,30-,31-,32-/m1/s1. The van der Waals surface area contributed by atoms with E-state index in [9.17, 15) is 19.2 Å². The van der Waals surface area contributed by atoms with Gasteiger partial charge in [0.15, 0.2) is 0 Å². The van der Waals surface area contributed by atoms with Crippen LogP contribution in [0.5, 0.6) is 0 Å². The first-order chi connectivity index (χ1) is 19.1. The molecule has 226 valence electrons. The number of carbonyl (C=O) groups is 4. The highest BCUT2D eigenvalue weighted by Gasteiger charge is 2.73. The smallest absolute Gasteiger partial charge is 0.331 e. The Morgan fingerprint density at radius 3 is 2.05 bits per heavy atom. The molecule has 5 aliphatic rings. The maximum atomic E-state index is 13.2. The summed E-state index contributed by atoms with van der Waals surface area (Å²) in [6.45, 7) is 15.3. The van der Waals surface area contributed by atoms with Gasteiger partial charge < -0.3 is 23.7 Å². The van der Waals surface area contributed by atoms with Crippen LogP contribution in [-0.2, 0) is 42.9 Å². The van der Waals surface area contributed by atoms with Crippen LogP contribution in [0.1, 0.15) is 81.1 Å². The summed E-state index contributed by atoms with van der Waals surface area (Å²) >= 11 is 0. The molecule has 5 rings (SSSR count). The van der Waals surface area contributed by atoms with Gasteiger partial charge in [-0.15, -0.1) is 0 Å². The molecule has 0 saturated heterocycles. The lowest BCUT2D eigenvalue weighted by Crippen LogP contribution is -2.71. The Morgan fingerprint density at radius 1 is 0.854 bits per heavy atom. The third-order valence-electron chi connectivity index (χ3n) is 11.5. The van der Waals surface area contributed by atoms with E-state index in [4.69, 9.17) is 23.7 Å². The monoisotopic (exact) mass is 572 g/mol. The van der Waals surface area contributed by atoms with Gasteiger partial charge in [0, 0.05) is 54.9 Å². The number of hydrogen-bond acceptors (Lipinski definition) is 9. The van der Waals surface area contributed by atoms with Crippen LogP contribution in [0.3, 0.4) is 0 Å². The lowest BCUT2D eigenvalue weighted by molar-refractivity contribution is -0.264. The summed E-state index contributed by atoms with van der Waals surface area (Å²) in [7, 11) is 0. The van der Waals surface area contributed by atoms with E-state index in [1.165, 1.54) is 20.8 Å². The van der Waals surface area contributed by atoms with Crippen LogP contribution < -0.4 is 0 Å². The van der Waals surface area contributed by atoms with Crippen LogP contribution in [0.2, 0.25) is 0 Å². The molecule has 3 aliphatic carbocycles. The van der Waals surface area contributed by atoms with E-state index in [1.54, 1.807) is 12.3 Å². The molecule has 3 saturated carbocycles. The molecule has 3 unspecified atom stereocenters. The zero-order valence-corrected chi connectivity index (χ0v) is 25.5. The third-order valence-corrected chi connectivity index (χ3v) is 11.5. The van der Waals surface area contributed by atoms with E-state index < -0.39 is 64.0 Å². The Hall–Kier alpha value is -2.84. The lowest BCUT2D eigenvalue weighted by atomic mass is 9.36. The van der Waals surface area contributed by atoms with Gasteiger partial charge >= 0.3 is 23.9 Å². The van der Waals surface area contributed by atoms with E-state index in [-0.39, 0.29) is 23.7 Å².